The van der Waals surface area contributed by atoms with Crippen LogP contribution in [0.15, 0.2) is 12.7 Å². The van der Waals surface area contributed by atoms with Crippen molar-refractivity contribution < 1.29 is 0 Å². The summed E-state index contributed by atoms with van der Waals surface area (Å²) in [5.74, 6) is 0. The van der Waals surface area contributed by atoms with Gasteiger partial charge in [0.05, 0.1) is 0 Å². The van der Waals surface area contributed by atoms with E-state index in [9.17, 15) is 0 Å². The van der Waals surface area contributed by atoms with Gasteiger partial charge in [-0.15, -0.1) is 6.58 Å². The van der Waals surface area contributed by atoms with Crippen LogP contribution >= 0.6 is 0 Å². The Morgan fingerprint density at radius 1 is 1.40 bits per heavy atom. The molecule has 10 heavy (non-hydrogen) atoms. The van der Waals surface area contributed by atoms with Crippen LogP contribution in [-0.4, -0.2) is 0 Å². The Bertz CT molecular complexity index is 107. The highest BCUT2D eigenvalue weighted by Crippen LogP contribution is 2.41. The molecule has 0 bridgehead atoms. The van der Waals surface area contributed by atoms with Gasteiger partial charge in [0.1, 0.15) is 0 Å². The fourth-order valence-corrected chi connectivity index (χ4v) is 1.93. The Hall–Kier alpha value is -0.260. The van der Waals surface area contributed by atoms with Gasteiger partial charge >= 0.3 is 0 Å². The number of hydrogen-bond donors (Lipinski definition) is 0. The molecular formula is C10H18. The van der Waals surface area contributed by atoms with Crippen LogP contribution in [0.4, 0.5) is 0 Å². The first-order valence-corrected chi connectivity index (χ1v) is 4.38. The van der Waals surface area contributed by atoms with Crippen LogP contribution in [0.1, 0.15) is 45.4 Å². The van der Waals surface area contributed by atoms with E-state index in [2.05, 4.69) is 13.5 Å². The van der Waals surface area contributed by atoms with E-state index in [1.807, 2.05) is 6.08 Å². The standard InChI is InChI=1S/C10H18/c1-3-4-7-10(2)8-5-6-9-10/h3H,1,4-9H2,2H3. The van der Waals surface area contributed by atoms with Crippen LogP contribution < -0.4 is 0 Å². The maximum Gasteiger partial charge on any atom is -0.0323 e. The average Bonchev–Trinajstić information content (AvgIpc) is 2.33. The number of rotatable bonds is 3. The summed E-state index contributed by atoms with van der Waals surface area (Å²) in [5, 5.41) is 0. The minimum absolute atomic E-state index is 0.675. The van der Waals surface area contributed by atoms with Gasteiger partial charge in [0.2, 0.25) is 0 Å². The molecule has 1 aliphatic carbocycles. The number of allylic oxidation sites excluding steroid dienone is 1. The Labute approximate surface area is 64.3 Å². The quantitative estimate of drug-likeness (QED) is 0.523. The fraction of sp³-hybridized carbons (Fsp3) is 0.800. The van der Waals surface area contributed by atoms with E-state index in [1.165, 1.54) is 38.5 Å². The molecule has 0 nitrogen and oxygen atoms in total. The molecule has 1 saturated carbocycles. The van der Waals surface area contributed by atoms with Gasteiger partial charge in [-0.25, -0.2) is 0 Å². The van der Waals surface area contributed by atoms with Crippen molar-refractivity contribution in [3.8, 4) is 0 Å². The summed E-state index contributed by atoms with van der Waals surface area (Å²) in [6, 6.07) is 0. The zero-order chi connectivity index (χ0) is 7.45. The van der Waals surface area contributed by atoms with Crippen LogP contribution in [0, 0.1) is 5.41 Å². The fourth-order valence-electron chi connectivity index (χ4n) is 1.93. The first kappa shape index (κ1) is 7.84. The molecular weight excluding hydrogens is 120 g/mol. The van der Waals surface area contributed by atoms with Crippen molar-refractivity contribution in [2.75, 3.05) is 0 Å². The van der Waals surface area contributed by atoms with Gasteiger partial charge < -0.3 is 0 Å². The maximum absolute atomic E-state index is 3.75. The van der Waals surface area contributed by atoms with Gasteiger partial charge in [0.25, 0.3) is 0 Å². The predicted molar refractivity (Wildman–Crippen MR) is 46.0 cm³/mol. The van der Waals surface area contributed by atoms with Gasteiger partial charge in [-0.05, 0) is 31.1 Å². The van der Waals surface area contributed by atoms with Crippen molar-refractivity contribution in [3.63, 3.8) is 0 Å². The van der Waals surface area contributed by atoms with Crippen LogP contribution in [0.25, 0.3) is 0 Å². The third-order valence-electron chi connectivity index (χ3n) is 2.76. The highest BCUT2D eigenvalue weighted by atomic mass is 14.3. The summed E-state index contributed by atoms with van der Waals surface area (Å²) in [6.45, 7) is 6.17. The summed E-state index contributed by atoms with van der Waals surface area (Å²) in [6.07, 6.45) is 10.4. The molecule has 58 valence electrons. The van der Waals surface area contributed by atoms with Gasteiger partial charge in [-0.1, -0.05) is 25.8 Å². The Morgan fingerprint density at radius 2 is 2.00 bits per heavy atom. The first-order chi connectivity index (χ1) is 4.77. The lowest BCUT2D eigenvalue weighted by molar-refractivity contribution is 0.311. The predicted octanol–water partition coefficient (Wildman–Crippen LogP) is 3.53. The second-order valence-electron chi connectivity index (χ2n) is 3.85. The molecule has 1 aliphatic rings. The molecule has 0 heteroatoms. The molecule has 0 saturated heterocycles. The highest BCUT2D eigenvalue weighted by Gasteiger charge is 2.26. The maximum atomic E-state index is 3.75. The molecule has 0 N–H and O–H groups in total. The SMILES string of the molecule is C=CCCC1(C)CCCC1. The van der Waals surface area contributed by atoms with E-state index < -0.39 is 0 Å². The van der Waals surface area contributed by atoms with Crippen molar-refractivity contribution in [1.29, 1.82) is 0 Å². The topological polar surface area (TPSA) is 0 Å². The van der Waals surface area contributed by atoms with Gasteiger partial charge in [0.15, 0.2) is 0 Å². The first-order valence-electron chi connectivity index (χ1n) is 4.38. The lowest BCUT2D eigenvalue weighted by atomic mass is 9.84. The Balaban J connectivity index is 2.28. The van der Waals surface area contributed by atoms with Gasteiger partial charge in [-0.3, -0.25) is 0 Å². The second kappa shape index (κ2) is 3.23. The molecule has 0 aromatic carbocycles. The summed E-state index contributed by atoms with van der Waals surface area (Å²) < 4.78 is 0. The molecule has 1 fully saturated rings. The van der Waals surface area contributed by atoms with E-state index in [1.54, 1.807) is 0 Å². The van der Waals surface area contributed by atoms with Crippen LogP contribution in [-0.2, 0) is 0 Å². The molecule has 0 heterocycles. The Morgan fingerprint density at radius 3 is 2.50 bits per heavy atom. The largest absolute Gasteiger partial charge is 0.103 e. The second-order valence-corrected chi connectivity index (χ2v) is 3.85. The molecule has 1 rings (SSSR count). The molecule has 0 aromatic heterocycles. The molecule has 0 unspecified atom stereocenters. The third-order valence-corrected chi connectivity index (χ3v) is 2.76. The number of hydrogen-bond acceptors (Lipinski definition) is 0. The van der Waals surface area contributed by atoms with E-state index in [0.717, 1.165) is 0 Å². The van der Waals surface area contributed by atoms with Crippen LogP contribution in [0.5, 0.6) is 0 Å². The summed E-state index contributed by atoms with van der Waals surface area (Å²) >= 11 is 0. The van der Waals surface area contributed by atoms with Crippen LogP contribution in [0.2, 0.25) is 0 Å². The minimum Gasteiger partial charge on any atom is -0.103 e. The molecule has 0 aromatic rings. The molecule has 0 spiro atoms. The van der Waals surface area contributed by atoms with Crippen molar-refractivity contribution in [2.24, 2.45) is 5.41 Å². The summed E-state index contributed by atoms with van der Waals surface area (Å²) in [7, 11) is 0. The lowest BCUT2D eigenvalue weighted by Crippen LogP contribution is -2.09. The zero-order valence-electron chi connectivity index (χ0n) is 7.03. The summed E-state index contributed by atoms with van der Waals surface area (Å²) in [4.78, 5) is 0. The highest BCUT2D eigenvalue weighted by molar-refractivity contribution is 4.82. The van der Waals surface area contributed by atoms with Crippen molar-refractivity contribution in [2.45, 2.75) is 45.4 Å². The Kier molecular flexibility index (Phi) is 2.53. The normalized spacial score (nSPS) is 22.9. The minimum atomic E-state index is 0.675. The summed E-state index contributed by atoms with van der Waals surface area (Å²) in [5.41, 5.74) is 0.675. The van der Waals surface area contributed by atoms with E-state index in [4.69, 9.17) is 0 Å². The molecule has 0 radical (unpaired) electrons. The smallest absolute Gasteiger partial charge is 0.0323 e. The lowest BCUT2D eigenvalue weighted by Gasteiger charge is -2.21. The van der Waals surface area contributed by atoms with Gasteiger partial charge in [0, 0.05) is 0 Å². The van der Waals surface area contributed by atoms with Crippen molar-refractivity contribution >= 4 is 0 Å². The molecule has 0 aliphatic heterocycles. The third kappa shape index (κ3) is 1.86. The zero-order valence-corrected chi connectivity index (χ0v) is 7.03. The average molecular weight is 138 g/mol. The molecule has 0 amide bonds. The van der Waals surface area contributed by atoms with Crippen LogP contribution in [0.3, 0.4) is 0 Å². The van der Waals surface area contributed by atoms with E-state index in [0.29, 0.717) is 5.41 Å². The monoisotopic (exact) mass is 138 g/mol. The van der Waals surface area contributed by atoms with Gasteiger partial charge in [-0.2, -0.15) is 0 Å². The van der Waals surface area contributed by atoms with Crippen molar-refractivity contribution in [3.05, 3.63) is 12.7 Å². The molecule has 0 atom stereocenters. The van der Waals surface area contributed by atoms with Crippen molar-refractivity contribution in [1.82, 2.24) is 0 Å². The van der Waals surface area contributed by atoms with E-state index >= 15 is 0 Å². The van der Waals surface area contributed by atoms with E-state index in [-0.39, 0.29) is 0 Å².